The number of nitrogens with one attached hydrogen (secondary N) is 1. The van der Waals surface area contributed by atoms with Gasteiger partial charge in [0.15, 0.2) is 0 Å². The average molecular weight is 123 g/mol. The van der Waals surface area contributed by atoms with Gasteiger partial charge in [0.25, 0.3) is 0 Å². The van der Waals surface area contributed by atoms with Crippen molar-refractivity contribution in [3.05, 3.63) is 6.08 Å². The molecule has 0 atom stereocenters. The summed E-state index contributed by atoms with van der Waals surface area (Å²) in [6.45, 7) is 0. The monoisotopic (exact) mass is 123 g/mol. The third-order valence-corrected chi connectivity index (χ3v) is 1.97. The largest absolute Gasteiger partial charge is 0.259 e. The van der Waals surface area contributed by atoms with Crippen molar-refractivity contribution in [2.75, 3.05) is 0 Å². The third kappa shape index (κ3) is 2.03. The second kappa shape index (κ2) is 3.47. The van der Waals surface area contributed by atoms with Crippen LogP contribution in [0.15, 0.2) is 6.08 Å². The molecule has 0 amide bonds. The van der Waals surface area contributed by atoms with Crippen LogP contribution in [0.25, 0.3) is 0 Å². The van der Waals surface area contributed by atoms with Gasteiger partial charge in [0.1, 0.15) is 0 Å². The van der Waals surface area contributed by atoms with E-state index in [2.05, 4.69) is 5.87 Å². The predicted octanol–water partition coefficient (Wildman–Crippen LogP) is 2.37. The molecule has 1 N–H and O–H groups in total. The van der Waals surface area contributed by atoms with Gasteiger partial charge >= 0.3 is 0 Å². The molecule has 0 heterocycles. The number of rotatable bonds is 1. The second-order valence-electron chi connectivity index (χ2n) is 2.71. The molecule has 0 spiro atoms. The minimum absolute atomic E-state index is 0.677. The number of hydrogen-bond acceptors (Lipinski definition) is 1. The van der Waals surface area contributed by atoms with Gasteiger partial charge in [-0.2, -0.15) is 0 Å². The van der Waals surface area contributed by atoms with Crippen molar-refractivity contribution in [3.63, 3.8) is 0 Å². The highest BCUT2D eigenvalue weighted by Crippen LogP contribution is 2.23. The fourth-order valence-corrected chi connectivity index (χ4v) is 1.42. The Hall–Kier alpha value is -0.550. The summed E-state index contributed by atoms with van der Waals surface area (Å²) in [7, 11) is 0. The van der Waals surface area contributed by atoms with E-state index in [4.69, 9.17) is 5.41 Å². The number of hydrogen-bond donors (Lipinski definition) is 1. The van der Waals surface area contributed by atoms with Gasteiger partial charge in [-0.3, -0.25) is 5.41 Å². The van der Waals surface area contributed by atoms with Crippen molar-refractivity contribution in [1.82, 2.24) is 0 Å². The third-order valence-electron chi connectivity index (χ3n) is 1.97. The molecule has 50 valence electrons. The molecular formula is C8H13N. The molecule has 9 heavy (non-hydrogen) atoms. The molecule has 1 nitrogen and oxygen atoms in total. The fourth-order valence-electron chi connectivity index (χ4n) is 1.42. The van der Waals surface area contributed by atoms with E-state index >= 15 is 0 Å². The topological polar surface area (TPSA) is 23.9 Å². The van der Waals surface area contributed by atoms with E-state index in [9.17, 15) is 0 Å². The van der Waals surface area contributed by atoms with E-state index in [0.717, 1.165) is 0 Å². The van der Waals surface area contributed by atoms with E-state index in [1.807, 2.05) is 6.08 Å². The van der Waals surface area contributed by atoms with Crippen LogP contribution in [0.1, 0.15) is 32.1 Å². The lowest BCUT2D eigenvalue weighted by Crippen LogP contribution is -2.02. The maximum absolute atomic E-state index is 6.73. The van der Waals surface area contributed by atoms with Gasteiger partial charge in [-0.25, -0.2) is 0 Å². The molecule has 0 saturated heterocycles. The van der Waals surface area contributed by atoms with Crippen molar-refractivity contribution in [1.29, 1.82) is 5.41 Å². The standard InChI is InChI=1S/C8H13N/c9-7-6-8-4-2-1-3-5-8/h6,8-9H,1-5H2. The minimum atomic E-state index is 0.677. The normalized spacial score (nSPS) is 20.9. The molecule has 1 fully saturated rings. The van der Waals surface area contributed by atoms with E-state index in [1.54, 1.807) is 0 Å². The van der Waals surface area contributed by atoms with Gasteiger partial charge in [0.05, 0.1) is 0 Å². The van der Waals surface area contributed by atoms with Crippen molar-refractivity contribution in [2.45, 2.75) is 32.1 Å². The first-order chi connectivity index (χ1) is 4.43. The van der Waals surface area contributed by atoms with Crippen molar-refractivity contribution >= 4 is 5.87 Å². The lowest BCUT2D eigenvalue weighted by molar-refractivity contribution is 0.421. The zero-order valence-electron chi connectivity index (χ0n) is 5.69. The van der Waals surface area contributed by atoms with Crippen molar-refractivity contribution in [2.24, 2.45) is 5.92 Å². The molecule has 0 aromatic rings. The van der Waals surface area contributed by atoms with E-state index in [-0.39, 0.29) is 0 Å². The molecule has 0 bridgehead atoms. The van der Waals surface area contributed by atoms with E-state index in [1.165, 1.54) is 32.1 Å². The summed E-state index contributed by atoms with van der Waals surface area (Å²) in [6.07, 6.45) is 8.56. The number of allylic oxidation sites excluding steroid dienone is 1. The van der Waals surface area contributed by atoms with Gasteiger partial charge in [-0.1, -0.05) is 19.3 Å². The second-order valence-corrected chi connectivity index (χ2v) is 2.71. The van der Waals surface area contributed by atoms with Crippen LogP contribution >= 0.6 is 0 Å². The summed E-state index contributed by atoms with van der Waals surface area (Å²) in [6, 6.07) is 0. The zero-order valence-corrected chi connectivity index (χ0v) is 5.69. The maximum atomic E-state index is 6.73. The first-order valence-corrected chi connectivity index (χ1v) is 3.69. The van der Waals surface area contributed by atoms with Gasteiger partial charge in [0, 0.05) is 0 Å². The van der Waals surface area contributed by atoms with Crippen LogP contribution in [0, 0.1) is 11.3 Å². The molecule has 0 aromatic carbocycles. The van der Waals surface area contributed by atoms with Crippen LogP contribution in [0.4, 0.5) is 0 Å². The Morgan fingerprint density at radius 3 is 2.44 bits per heavy atom. The summed E-state index contributed by atoms with van der Waals surface area (Å²) >= 11 is 0. The molecule has 1 saturated carbocycles. The molecule has 1 rings (SSSR count). The van der Waals surface area contributed by atoms with Crippen molar-refractivity contribution in [3.8, 4) is 0 Å². The van der Waals surface area contributed by atoms with E-state index < -0.39 is 0 Å². The maximum Gasteiger partial charge on any atom is -0.0142 e. The minimum Gasteiger partial charge on any atom is -0.259 e. The Morgan fingerprint density at radius 1 is 1.22 bits per heavy atom. The van der Waals surface area contributed by atoms with Crippen LogP contribution in [0.3, 0.4) is 0 Å². The van der Waals surface area contributed by atoms with Crippen molar-refractivity contribution < 1.29 is 0 Å². The Balaban J connectivity index is 2.31. The molecule has 1 heteroatoms. The van der Waals surface area contributed by atoms with Crippen LogP contribution < -0.4 is 0 Å². The zero-order chi connectivity index (χ0) is 6.53. The SMILES string of the molecule is N=C=CC1CCCCC1. The first-order valence-electron chi connectivity index (χ1n) is 3.69. The molecule has 1 aliphatic rings. The summed E-state index contributed by atoms with van der Waals surface area (Å²) in [5.74, 6) is 3.04. The Bertz CT molecular complexity index is 117. The lowest BCUT2D eigenvalue weighted by Gasteiger charge is -2.16. The lowest BCUT2D eigenvalue weighted by atomic mass is 9.89. The van der Waals surface area contributed by atoms with Crippen LogP contribution in [-0.2, 0) is 0 Å². The highest BCUT2D eigenvalue weighted by atomic mass is 14.3. The van der Waals surface area contributed by atoms with Gasteiger partial charge in [-0.15, -0.1) is 0 Å². The van der Waals surface area contributed by atoms with Gasteiger partial charge < -0.3 is 0 Å². The molecule has 1 aliphatic carbocycles. The Morgan fingerprint density at radius 2 is 1.89 bits per heavy atom. The highest BCUT2D eigenvalue weighted by molar-refractivity contribution is 5.47. The predicted molar refractivity (Wildman–Crippen MR) is 38.9 cm³/mol. The average Bonchev–Trinajstić information content (AvgIpc) is 1.91. The summed E-state index contributed by atoms with van der Waals surface area (Å²) < 4.78 is 0. The van der Waals surface area contributed by atoms with Crippen LogP contribution in [-0.4, -0.2) is 5.87 Å². The quantitative estimate of drug-likeness (QED) is 0.517. The summed E-state index contributed by atoms with van der Waals surface area (Å²) in [5, 5.41) is 6.73. The summed E-state index contributed by atoms with van der Waals surface area (Å²) in [4.78, 5) is 0. The fraction of sp³-hybridized carbons (Fsp3) is 0.750. The first kappa shape index (κ1) is 6.57. The van der Waals surface area contributed by atoms with Crippen LogP contribution in [0.5, 0.6) is 0 Å². The molecule has 0 radical (unpaired) electrons. The summed E-state index contributed by atoms with van der Waals surface area (Å²) in [5.41, 5.74) is 0. The van der Waals surface area contributed by atoms with E-state index in [0.29, 0.717) is 5.92 Å². The van der Waals surface area contributed by atoms with Gasteiger partial charge in [-0.05, 0) is 30.7 Å². The van der Waals surface area contributed by atoms with Crippen LogP contribution in [0.2, 0.25) is 0 Å². The Labute approximate surface area is 56.3 Å². The molecule has 0 aliphatic heterocycles. The van der Waals surface area contributed by atoms with Gasteiger partial charge in [0.2, 0.25) is 0 Å². The molecular weight excluding hydrogens is 110 g/mol. The molecule has 0 aromatic heterocycles. The molecule has 0 unspecified atom stereocenters. The Kier molecular flexibility index (Phi) is 2.53. The smallest absolute Gasteiger partial charge is 0.0142 e. The highest BCUT2D eigenvalue weighted by Gasteiger charge is 2.08.